The summed E-state index contributed by atoms with van der Waals surface area (Å²) >= 11 is 3.07. The number of aromatic nitrogens is 2. The Labute approximate surface area is 89.3 Å². The van der Waals surface area contributed by atoms with Gasteiger partial charge in [-0.25, -0.2) is 4.79 Å². The van der Waals surface area contributed by atoms with E-state index in [1.54, 1.807) is 0 Å². The zero-order chi connectivity index (χ0) is 10.9. The number of nitrogens with zero attached hydrogens (tertiary/aromatic N) is 2. The maximum atomic E-state index is 11.6. The Morgan fingerprint density at radius 3 is 2.50 bits per heavy atom. The number of halogens is 1. The largest absolute Gasteiger partial charge is 0.384 e. The molecule has 0 fully saturated rings. The van der Waals surface area contributed by atoms with Crippen molar-refractivity contribution < 1.29 is 0 Å². The van der Waals surface area contributed by atoms with Crippen molar-refractivity contribution in [3.8, 4) is 0 Å². The van der Waals surface area contributed by atoms with Crippen molar-refractivity contribution in [1.82, 2.24) is 9.13 Å². The van der Waals surface area contributed by atoms with E-state index in [9.17, 15) is 9.59 Å². The highest BCUT2D eigenvalue weighted by atomic mass is 79.9. The maximum absolute atomic E-state index is 11.6. The molecule has 2 N–H and O–H groups in total. The molecule has 0 aliphatic carbocycles. The fourth-order valence-electron chi connectivity index (χ4n) is 1.17. The van der Waals surface area contributed by atoms with Crippen molar-refractivity contribution in [2.75, 3.05) is 5.73 Å². The zero-order valence-corrected chi connectivity index (χ0v) is 9.67. The van der Waals surface area contributed by atoms with Crippen LogP contribution in [0.1, 0.15) is 13.3 Å². The van der Waals surface area contributed by atoms with Gasteiger partial charge in [-0.2, -0.15) is 0 Å². The van der Waals surface area contributed by atoms with Crippen LogP contribution in [0.4, 0.5) is 5.82 Å². The first kappa shape index (κ1) is 11.0. The van der Waals surface area contributed by atoms with Gasteiger partial charge in [-0.3, -0.25) is 13.9 Å². The second-order valence-corrected chi connectivity index (χ2v) is 3.79. The van der Waals surface area contributed by atoms with Gasteiger partial charge in [0.1, 0.15) is 10.3 Å². The molecule has 1 rings (SSSR count). The summed E-state index contributed by atoms with van der Waals surface area (Å²) in [5.74, 6) is 0.160. The predicted molar refractivity (Wildman–Crippen MR) is 58.3 cm³/mol. The summed E-state index contributed by atoms with van der Waals surface area (Å²) in [7, 11) is 1.54. The number of nitrogen functional groups attached to an aromatic ring is 1. The van der Waals surface area contributed by atoms with Crippen molar-refractivity contribution in [1.29, 1.82) is 0 Å². The van der Waals surface area contributed by atoms with Crippen molar-refractivity contribution in [3.63, 3.8) is 0 Å². The standard InChI is InChI=1S/C8H12BrN3O2/c1-3-4-12-7(13)5(9)6(10)11(2)8(12)14/h3-4,10H2,1-2H3. The molecule has 1 aromatic heterocycles. The number of hydrogen-bond donors (Lipinski definition) is 1. The minimum atomic E-state index is -0.377. The van der Waals surface area contributed by atoms with E-state index in [2.05, 4.69) is 15.9 Å². The molecule has 0 amide bonds. The molecule has 0 saturated heterocycles. The molecule has 0 aromatic carbocycles. The highest BCUT2D eigenvalue weighted by molar-refractivity contribution is 9.10. The Morgan fingerprint density at radius 2 is 2.00 bits per heavy atom. The molecule has 0 unspecified atom stereocenters. The number of anilines is 1. The van der Waals surface area contributed by atoms with Gasteiger partial charge in [0.2, 0.25) is 0 Å². The van der Waals surface area contributed by atoms with Crippen LogP contribution in [0.15, 0.2) is 14.1 Å². The molecule has 1 aromatic rings. The molecule has 0 atom stereocenters. The van der Waals surface area contributed by atoms with Crippen LogP contribution in [0.5, 0.6) is 0 Å². The van der Waals surface area contributed by atoms with Crippen LogP contribution in [-0.4, -0.2) is 9.13 Å². The van der Waals surface area contributed by atoms with E-state index in [0.29, 0.717) is 6.54 Å². The quantitative estimate of drug-likeness (QED) is 0.833. The molecule has 1 heterocycles. The third-order valence-electron chi connectivity index (χ3n) is 1.98. The van der Waals surface area contributed by atoms with Crippen LogP contribution in [0.2, 0.25) is 0 Å². The molecular weight excluding hydrogens is 250 g/mol. The topological polar surface area (TPSA) is 70.0 Å². The Bertz CT molecular complexity index is 424. The lowest BCUT2D eigenvalue weighted by Gasteiger charge is -2.09. The lowest BCUT2D eigenvalue weighted by atomic mass is 10.4. The molecule has 78 valence electrons. The van der Waals surface area contributed by atoms with Crippen molar-refractivity contribution in [3.05, 3.63) is 25.3 Å². The number of rotatable bonds is 2. The zero-order valence-electron chi connectivity index (χ0n) is 8.08. The minimum absolute atomic E-state index is 0.160. The first-order valence-electron chi connectivity index (χ1n) is 4.25. The summed E-state index contributed by atoms with van der Waals surface area (Å²) in [4.78, 5) is 23.2. The fraction of sp³-hybridized carbons (Fsp3) is 0.500. The summed E-state index contributed by atoms with van der Waals surface area (Å²) in [5.41, 5.74) is 4.81. The van der Waals surface area contributed by atoms with E-state index in [1.165, 1.54) is 16.2 Å². The number of nitrogens with two attached hydrogens (primary N) is 1. The van der Waals surface area contributed by atoms with Crippen LogP contribution >= 0.6 is 15.9 Å². The summed E-state index contributed by atoms with van der Waals surface area (Å²) in [6.45, 7) is 2.31. The average molecular weight is 262 g/mol. The van der Waals surface area contributed by atoms with Crippen LogP contribution in [-0.2, 0) is 13.6 Å². The normalized spacial score (nSPS) is 10.5. The highest BCUT2D eigenvalue weighted by Gasteiger charge is 2.11. The predicted octanol–water partition coefficient (Wildman–Crippen LogP) is 0.302. The van der Waals surface area contributed by atoms with Crippen LogP contribution in [0.3, 0.4) is 0 Å². The third-order valence-corrected chi connectivity index (χ3v) is 2.73. The molecule has 0 spiro atoms. The van der Waals surface area contributed by atoms with E-state index >= 15 is 0 Å². The van der Waals surface area contributed by atoms with Gasteiger partial charge in [0.05, 0.1) is 0 Å². The van der Waals surface area contributed by atoms with Gasteiger partial charge in [-0.15, -0.1) is 0 Å². The van der Waals surface area contributed by atoms with E-state index in [1.807, 2.05) is 6.92 Å². The van der Waals surface area contributed by atoms with Crippen molar-refractivity contribution >= 4 is 21.7 Å². The lowest BCUT2D eigenvalue weighted by molar-refractivity contribution is 0.581. The van der Waals surface area contributed by atoms with Gasteiger partial charge >= 0.3 is 5.69 Å². The molecule has 6 heteroatoms. The molecule has 0 saturated carbocycles. The summed E-state index contributed by atoms with van der Waals surface area (Å²) in [5, 5.41) is 0. The Kier molecular flexibility index (Phi) is 3.15. The van der Waals surface area contributed by atoms with Crippen molar-refractivity contribution in [2.45, 2.75) is 19.9 Å². The second-order valence-electron chi connectivity index (χ2n) is 3.00. The van der Waals surface area contributed by atoms with Gasteiger partial charge in [0.25, 0.3) is 5.56 Å². The molecule has 5 nitrogen and oxygen atoms in total. The second kappa shape index (κ2) is 4.00. The summed E-state index contributed by atoms with van der Waals surface area (Å²) in [6.07, 6.45) is 0.728. The smallest absolute Gasteiger partial charge is 0.332 e. The Balaban J connectivity index is 3.61. The Morgan fingerprint density at radius 1 is 1.43 bits per heavy atom. The Hall–Kier alpha value is -1.04. The highest BCUT2D eigenvalue weighted by Crippen LogP contribution is 2.10. The molecule has 0 radical (unpaired) electrons. The minimum Gasteiger partial charge on any atom is -0.384 e. The van der Waals surface area contributed by atoms with E-state index < -0.39 is 0 Å². The van der Waals surface area contributed by atoms with Gasteiger partial charge in [-0.1, -0.05) is 6.92 Å². The first-order valence-corrected chi connectivity index (χ1v) is 5.04. The maximum Gasteiger partial charge on any atom is 0.332 e. The number of hydrogen-bond acceptors (Lipinski definition) is 3. The molecule has 14 heavy (non-hydrogen) atoms. The summed E-state index contributed by atoms with van der Waals surface area (Å²) < 4.78 is 2.66. The molecule has 0 aliphatic heterocycles. The van der Waals surface area contributed by atoms with Gasteiger partial charge < -0.3 is 5.73 Å². The molecule has 0 bridgehead atoms. The monoisotopic (exact) mass is 261 g/mol. The fourth-order valence-corrected chi connectivity index (χ4v) is 1.65. The van der Waals surface area contributed by atoms with Crippen LogP contribution < -0.4 is 17.0 Å². The van der Waals surface area contributed by atoms with Crippen LogP contribution in [0.25, 0.3) is 0 Å². The van der Waals surface area contributed by atoms with E-state index in [4.69, 9.17) is 5.73 Å². The average Bonchev–Trinajstić information content (AvgIpc) is 2.19. The van der Waals surface area contributed by atoms with Gasteiger partial charge in [-0.05, 0) is 22.4 Å². The van der Waals surface area contributed by atoms with E-state index in [0.717, 1.165) is 6.42 Å². The van der Waals surface area contributed by atoms with Crippen molar-refractivity contribution in [2.24, 2.45) is 7.05 Å². The lowest BCUT2D eigenvalue weighted by Crippen LogP contribution is -2.40. The van der Waals surface area contributed by atoms with Gasteiger partial charge in [0, 0.05) is 13.6 Å². The third kappa shape index (κ3) is 1.61. The molecule has 0 aliphatic rings. The SMILES string of the molecule is CCCn1c(=O)c(Br)c(N)n(C)c1=O. The van der Waals surface area contributed by atoms with E-state index in [-0.39, 0.29) is 21.5 Å². The van der Waals surface area contributed by atoms with Gasteiger partial charge in [0.15, 0.2) is 0 Å². The van der Waals surface area contributed by atoms with Crippen LogP contribution in [0, 0.1) is 0 Å². The molecular formula is C8H12BrN3O2. The first-order chi connectivity index (χ1) is 6.50. The summed E-state index contributed by atoms with van der Waals surface area (Å²) in [6, 6.07) is 0.